The number of likely N-dealkylation sites (tertiary alicyclic amines) is 1. The predicted molar refractivity (Wildman–Crippen MR) is 93.9 cm³/mol. The summed E-state index contributed by atoms with van der Waals surface area (Å²) in [6.07, 6.45) is 1.12. The number of rotatable bonds is 3. The third kappa shape index (κ3) is 3.95. The largest absolute Gasteiger partial charge is 0.338 e. The fourth-order valence-electron chi connectivity index (χ4n) is 3.04. The number of sulfonamides is 1. The fraction of sp³-hybridized carbons (Fsp3) is 0.562. The third-order valence-corrected chi connectivity index (χ3v) is 6.90. The highest BCUT2D eigenvalue weighted by atomic mass is 79.9. The van der Waals surface area contributed by atoms with Gasteiger partial charge in [0.1, 0.15) is 0 Å². The first kappa shape index (κ1) is 18.4. The average Bonchev–Trinajstić information content (AvgIpc) is 2.45. The van der Waals surface area contributed by atoms with Gasteiger partial charge in [-0.05, 0) is 52.4 Å². The highest BCUT2D eigenvalue weighted by Gasteiger charge is 2.28. The van der Waals surface area contributed by atoms with E-state index in [1.807, 2.05) is 4.90 Å². The molecule has 0 aromatic heterocycles. The molecule has 0 bridgehead atoms. The Morgan fingerprint density at radius 2 is 1.78 bits per heavy atom. The molecule has 0 aliphatic carbocycles. The topological polar surface area (TPSA) is 57.7 Å². The third-order valence-electron chi connectivity index (χ3n) is 4.09. The van der Waals surface area contributed by atoms with Crippen LogP contribution in [0.2, 0.25) is 0 Å². The van der Waals surface area contributed by atoms with Crippen LogP contribution >= 0.6 is 15.9 Å². The fourth-order valence-corrected chi connectivity index (χ4v) is 4.89. The van der Waals surface area contributed by atoms with E-state index in [-0.39, 0.29) is 10.8 Å². The molecule has 1 aliphatic rings. The molecule has 7 heteroatoms. The zero-order valence-electron chi connectivity index (χ0n) is 13.9. The van der Waals surface area contributed by atoms with Crippen molar-refractivity contribution in [1.29, 1.82) is 0 Å². The molecule has 128 valence electrons. The number of piperidine rings is 1. The minimum atomic E-state index is -3.60. The Kier molecular flexibility index (Phi) is 5.53. The summed E-state index contributed by atoms with van der Waals surface area (Å²) in [7, 11) is -0.647. The van der Waals surface area contributed by atoms with Gasteiger partial charge in [-0.1, -0.05) is 13.8 Å². The molecule has 2 rings (SSSR count). The SMILES string of the molecule is CC1CC(C)CN(C(=O)c2ccc(Br)c(S(=O)(=O)N(C)C)c2)C1. The first-order valence-electron chi connectivity index (χ1n) is 7.64. The van der Waals surface area contributed by atoms with Crippen LogP contribution in [0.4, 0.5) is 0 Å². The molecule has 2 unspecified atom stereocenters. The summed E-state index contributed by atoms with van der Waals surface area (Å²) in [5.74, 6) is 0.817. The van der Waals surface area contributed by atoms with Gasteiger partial charge < -0.3 is 4.90 Å². The number of amides is 1. The van der Waals surface area contributed by atoms with Gasteiger partial charge in [-0.2, -0.15) is 0 Å². The van der Waals surface area contributed by atoms with Crippen LogP contribution < -0.4 is 0 Å². The molecule has 0 N–H and O–H groups in total. The van der Waals surface area contributed by atoms with Crippen LogP contribution in [0.15, 0.2) is 27.6 Å². The van der Waals surface area contributed by atoms with Gasteiger partial charge in [-0.15, -0.1) is 0 Å². The van der Waals surface area contributed by atoms with Gasteiger partial charge >= 0.3 is 0 Å². The van der Waals surface area contributed by atoms with Crippen molar-refractivity contribution in [3.63, 3.8) is 0 Å². The molecule has 1 aromatic carbocycles. The van der Waals surface area contributed by atoms with Crippen LogP contribution in [0.1, 0.15) is 30.6 Å². The Balaban J connectivity index is 2.36. The Morgan fingerprint density at radius 1 is 1.22 bits per heavy atom. The molecular weight excluding hydrogens is 380 g/mol. The van der Waals surface area contributed by atoms with Crippen molar-refractivity contribution < 1.29 is 13.2 Å². The molecular formula is C16H23BrN2O3S. The van der Waals surface area contributed by atoms with E-state index in [9.17, 15) is 13.2 Å². The van der Waals surface area contributed by atoms with E-state index in [1.165, 1.54) is 20.2 Å². The maximum absolute atomic E-state index is 12.8. The zero-order chi connectivity index (χ0) is 17.4. The lowest BCUT2D eigenvalue weighted by Gasteiger charge is -2.35. The van der Waals surface area contributed by atoms with E-state index in [0.717, 1.165) is 23.8 Å². The van der Waals surface area contributed by atoms with Crippen molar-refractivity contribution in [3.8, 4) is 0 Å². The number of benzene rings is 1. The first-order valence-corrected chi connectivity index (χ1v) is 9.87. The minimum Gasteiger partial charge on any atom is -0.338 e. The average molecular weight is 403 g/mol. The van der Waals surface area contributed by atoms with Crippen molar-refractivity contribution in [3.05, 3.63) is 28.2 Å². The van der Waals surface area contributed by atoms with Crippen molar-refractivity contribution >= 4 is 31.9 Å². The van der Waals surface area contributed by atoms with Crippen molar-refractivity contribution in [1.82, 2.24) is 9.21 Å². The second-order valence-electron chi connectivity index (χ2n) is 6.59. The number of carbonyl (C=O) groups is 1. The summed E-state index contributed by atoms with van der Waals surface area (Å²) in [4.78, 5) is 14.7. The van der Waals surface area contributed by atoms with E-state index in [2.05, 4.69) is 29.8 Å². The van der Waals surface area contributed by atoms with Crippen LogP contribution in [-0.2, 0) is 10.0 Å². The van der Waals surface area contributed by atoms with Crippen LogP contribution in [-0.4, -0.2) is 50.7 Å². The van der Waals surface area contributed by atoms with Gasteiger partial charge in [0.05, 0.1) is 4.90 Å². The molecule has 1 aliphatic heterocycles. The second-order valence-corrected chi connectivity index (χ2v) is 9.56. The summed E-state index contributed by atoms with van der Waals surface area (Å²) in [5, 5.41) is 0. The van der Waals surface area contributed by atoms with E-state index in [1.54, 1.807) is 12.1 Å². The molecule has 0 spiro atoms. The molecule has 1 aromatic rings. The molecule has 1 heterocycles. The number of halogens is 1. The van der Waals surface area contributed by atoms with Crippen molar-refractivity contribution in [2.45, 2.75) is 25.2 Å². The maximum atomic E-state index is 12.8. The number of carbonyl (C=O) groups excluding carboxylic acids is 1. The van der Waals surface area contributed by atoms with Gasteiger partial charge in [0.2, 0.25) is 10.0 Å². The smallest absolute Gasteiger partial charge is 0.253 e. The lowest BCUT2D eigenvalue weighted by Crippen LogP contribution is -2.42. The number of nitrogens with zero attached hydrogens (tertiary/aromatic N) is 2. The Bertz CT molecular complexity index is 693. The van der Waals surface area contributed by atoms with Gasteiger partial charge in [0.25, 0.3) is 5.91 Å². The van der Waals surface area contributed by atoms with Crippen LogP contribution in [0, 0.1) is 11.8 Å². The first-order chi connectivity index (χ1) is 10.6. The summed E-state index contributed by atoms with van der Waals surface area (Å²) in [5.41, 5.74) is 0.412. The lowest BCUT2D eigenvalue weighted by molar-refractivity contribution is 0.0623. The van der Waals surface area contributed by atoms with Gasteiger partial charge in [0.15, 0.2) is 0 Å². The zero-order valence-corrected chi connectivity index (χ0v) is 16.3. The molecule has 0 saturated carbocycles. The monoisotopic (exact) mass is 402 g/mol. The van der Waals surface area contributed by atoms with Crippen molar-refractivity contribution in [2.75, 3.05) is 27.2 Å². The van der Waals surface area contributed by atoms with Gasteiger partial charge in [0, 0.05) is 37.2 Å². The number of hydrogen-bond donors (Lipinski definition) is 0. The number of hydrogen-bond acceptors (Lipinski definition) is 3. The summed E-state index contributed by atoms with van der Waals surface area (Å²) in [6.45, 7) is 5.71. The molecule has 0 radical (unpaired) electrons. The molecule has 5 nitrogen and oxygen atoms in total. The maximum Gasteiger partial charge on any atom is 0.253 e. The lowest BCUT2D eigenvalue weighted by atomic mass is 9.91. The van der Waals surface area contributed by atoms with Gasteiger partial charge in [-0.3, -0.25) is 4.79 Å². The molecule has 1 amide bonds. The second kappa shape index (κ2) is 6.91. The highest BCUT2D eigenvalue weighted by Crippen LogP contribution is 2.27. The van der Waals surface area contributed by atoms with E-state index < -0.39 is 10.0 Å². The minimum absolute atomic E-state index is 0.105. The van der Waals surface area contributed by atoms with E-state index in [4.69, 9.17) is 0 Å². The van der Waals surface area contributed by atoms with Crippen molar-refractivity contribution in [2.24, 2.45) is 11.8 Å². The normalized spacial score (nSPS) is 22.4. The Hall–Kier alpha value is -0.920. The molecule has 1 saturated heterocycles. The van der Waals surface area contributed by atoms with Crippen LogP contribution in [0.3, 0.4) is 0 Å². The molecule has 1 fully saturated rings. The van der Waals surface area contributed by atoms with E-state index >= 15 is 0 Å². The summed E-state index contributed by atoms with van der Waals surface area (Å²) in [6, 6.07) is 4.76. The van der Waals surface area contributed by atoms with Crippen LogP contribution in [0.25, 0.3) is 0 Å². The quantitative estimate of drug-likeness (QED) is 0.780. The summed E-state index contributed by atoms with van der Waals surface area (Å²) >= 11 is 3.27. The molecule has 2 atom stereocenters. The standard InChI is InChI=1S/C16H23BrN2O3S/c1-11-7-12(2)10-19(9-11)16(20)13-5-6-14(17)15(8-13)23(21,22)18(3)4/h5-6,8,11-12H,7,9-10H2,1-4H3. The Labute approximate surface area is 146 Å². The van der Waals surface area contributed by atoms with Crippen LogP contribution in [0.5, 0.6) is 0 Å². The Morgan fingerprint density at radius 3 is 2.30 bits per heavy atom. The highest BCUT2D eigenvalue weighted by molar-refractivity contribution is 9.10. The summed E-state index contributed by atoms with van der Waals surface area (Å²) < 4.78 is 26.4. The van der Waals surface area contributed by atoms with E-state index in [0.29, 0.717) is 21.9 Å². The molecule has 23 heavy (non-hydrogen) atoms. The predicted octanol–water partition coefficient (Wildman–Crippen LogP) is 2.82. The van der Waals surface area contributed by atoms with Gasteiger partial charge in [-0.25, -0.2) is 12.7 Å².